The lowest BCUT2D eigenvalue weighted by molar-refractivity contribution is -0.138. The molecule has 6 heteroatoms. The van der Waals surface area contributed by atoms with Gasteiger partial charge in [0.15, 0.2) is 9.84 Å². The van der Waals surface area contributed by atoms with Crippen LogP contribution >= 0.6 is 0 Å². The summed E-state index contributed by atoms with van der Waals surface area (Å²) in [5.74, 6) is -3.34. The summed E-state index contributed by atoms with van der Waals surface area (Å²) in [5, 5.41) is 8.10. The molecular formula is C12H13FO4S. The zero-order valence-electron chi connectivity index (χ0n) is 9.71. The van der Waals surface area contributed by atoms with Gasteiger partial charge in [-0.25, -0.2) is 12.8 Å². The van der Waals surface area contributed by atoms with Crippen LogP contribution in [0.4, 0.5) is 4.39 Å². The number of halogens is 1. The van der Waals surface area contributed by atoms with Gasteiger partial charge in [-0.05, 0) is 17.7 Å². The van der Waals surface area contributed by atoms with Crippen LogP contribution in [0.5, 0.6) is 0 Å². The number of benzene rings is 1. The molecule has 18 heavy (non-hydrogen) atoms. The molecule has 0 amide bonds. The van der Waals surface area contributed by atoms with Crippen molar-refractivity contribution in [2.45, 2.75) is 18.1 Å². The van der Waals surface area contributed by atoms with Gasteiger partial charge in [0.05, 0.1) is 11.2 Å². The summed E-state index contributed by atoms with van der Waals surface area (Å²) in [5.41, 5.74) is 0.435. The van der Waals surface area contributed by atoms with Gasteiger partial charge in [-0.15, -0.1) is 0 Å². The minimum absolute atomic E-state index is 0.104. The van der Waals surface area contributed by atoms with E-state index in [4.69, 9.17) is 5.11 Å². The van der Waals surface area contributed by atoms with Gasteiger partial charge in [0.2, 0.25) is 0 Å². The standard InChI is InChI=1S/C12H13FO4S/c1-2-18(16,17)11-9(10(11)12(14)15)7-4-3-5-8(13)6-7/h3-6,9-11H,2H2,1H3,(H,14,15)/t9-,10-,11+/m1/s1. The van der Waals surface area contributed by atoms with Crippen LogP contribution in [0.25, 0.3) is 0 Å². The lowest BCUT2D eigenvalue weighted by atomic mass is 10.1. The highest BCUT2D eigenvalue weighted by molar-refractivity contribution is 7.92. The minimum atomic E-state index is -3.43. The normalized spacial score (nSPS) is 26.9. The minimum Gasteiger partial charge on any atom is -0.481 e. The highest BCUT2D eigenvalue weighted by Gasteiger charge is 2.62. The van der Waals surface area contributed by atoms with Crippen molar-refractivity contribution in [2.75, 3.05) is 5.75 Å². The predicted octanol–water partition coefficient (Wildman–Crippen LogP) is 1.43. The van der Waals surface area contributed by atoms with Crippen LogP contribution in [0.3, 0.4) is 0 Å². The van der Waals surface area contributed by atoms with E-state index in [-0.39, 0.29) is 5.75 Å². The average molecular weight is 272 g/mol. The summed E-state index contributed by atoms with van der Waals surface area (Å²) < 4.78 is 36.7. The highest BCUT2D eigenvalue weighted by atomic mass is 32.2. The fraction of sp³-hybridized carbons (Fsp3) is 0.417. The van der Waals surface area contributed by atoms with Crippen molar-refractivity contribution < 1.29 is 22.7 Å². The molecule has 0 aliphatic heterocycles. The van der Waals surface area contributed by atoms with E-state index in [0.717, 1.165) is 0 Å². The second kappa shape index (κ2) is 4.35. The first-order valence-corrected chi connectivity index (χ1v) is 7.30. The van der Waals surface area contributed by atoms with Crippen LogP contribution in [-0.4, -0.2) is 30.5 Å². The number of hydrogen-bond donors (Lipinski definition) is 1. The summed E-state index contributed by atoms with van der Waals surface area (Å²) in [6.45, 7) is 1.48. The number of rotatable bonds is 4. The van der Waals surface area contributed by atoms with Gasteiger partial charge in [-0.1, -0.05) is 19.1 Å². The van der Waals surface area contributed by atoms with Gasteiger partial charge in [-0.2, -0.15) is 0 Å². The molecule has 1 aromatic rings. The first kappa shape index (κ1) is 13.0. The second-order valence-corrected chi connectivity index (χ2v) is 6.81. The third-order valence-corrected chi connectivity index (χ3v) is 5.51. The SMILES string of the molecule is CCS(=O)(=O)[C@@H]1[C@H](C(=O)O)[C@H]1c1cccc(F)c1. The number of hydrogen-bond acceptors (Lipinski definition) is 3. The molecule has 1 fully saturated rings. The topological polar surface area (TPSA) is 71.4 Å². The molecule has 0 radical (unpaired) electrons. The Morgan fingerprint density at radius 1 is 1.44 bits per heavy atom. The molecule has 0 heterocycles. The van der Waals surface area contributed by atoms with Crippen molar-refractivity contribution in [1.82, 2.24) is 0 Å². The smallest absolute Gasteiger partial charge is 0.308 e. The van der Waals surface area contributed by atoms with Crippen LogP contribution in [0, 0.1) is 11.7 Å². The van der Waals surface area contributed by atoms with Crippen LogP contribution in [0.15, 0.2) is 24.3 Å². The maximum absolute atomic E-state index is 13.1. The van der Waals surface area contributed by atoms with E-state index >= 15 is 0 Å². The van der Waals surface area contributed by atoms with Crippen LogP contribution in [0.1, 0.15) is 18.4 Å². The fourth-order valence-corrected chi connectivity index (χ4v) is 4.13. The second-order valence-electron chi connectivity index (χ2n) is 4.36. The molecule has 2 rings (SSSR count). The first-order valence-electron chi connectivity index (χ1n) is 5.58. The molecule has 0 aromatic heterocycles. The summed E-state index contributed by atoms with van der Waals surface area (Å²) in [6, 6.07) is 5.46. The summed E-state index contributed by atoms with van der Waals surface area (Å²) in [7, 11) is -3.43. The summed E-state index contributed by atoms with van der Waals surface area (Å²) >= 11 is 0. The van der Waals surface area contributed by atoms with Gasteiger partial charge in [0.25, 0.3) is 0 Å². The Hall–Kier alpha value is -1.43. The van der Waals surface area contributed by atoms with E-state index in [2.05, 4.69) is 0 Å². The monoisotopic (exact) mass is 272 g/mol. The van der Waals surface area contributed by atoms with E-state index in [1.807, 2.05) is 0 Å². The Morgan fingerprint density at radius 3 is 2.61 bits per heavy atom. The Balaban J connectivity index is 2.37. The van der Waals surface area contributed by atoms with Crippen molar-refractivity contribution in [3.63, 3.8) is 0 Å². The molecule has 1 aliphatic rings. The molecule has 4 nitrogen and oxygen atoms in total. The Kier molecular flexibility index (Phi) is 3.14. The molecule has 98 valence electrons. The lowest BCUT2D eigenvalue weighted by Crippen LogP contribution is -2.14. The first-order chi connectivity index (χ1) is 8.38. The van der Waals surface area contributed by atoms with Gasteiger partial charge in [-0.3, -0.25) is 4.79 Å². The molecule has 1 saturated carbocycles. The number of sulfone groups is 1. The van der Waals surface area contributed by atoms with Crippen molar-refractivity contribution in [3.8, 4) is 0 Å². The quantitative estimate of drug-likeness (QED) is 0.900. The third kappa shape index (κ3) is 2.12. The summed E-state index contributed by atoms with van der Waals surface area (Å²) in [4.78, 5) is 11.0. The van der Waals surface area contributed by atoms with Gasteiger partial charge >= 0.3 is 5.97 Å². The van der Waals surface area contributed by atoms with Crippen LogP contribution in [-0.2, 0) is 14.6 Å². The van der Waals surface area contributed by atoms with Gasteiger partial charge in [0.1, 0.15) is 5.82 Å². The van der Waals surface area contributed by atoms with Crippen LogP contribution in [0.2, 0.25) is 0 Å². The number of carbonyl (C=O) groups is 1. The maximum Gasteiger partial charge on any atom is 0.308 e. The number of carboxylic acid groups (broad SMARTS) is 1. The molecule has 0 spiro atoms. The van der Waals surface area contributed by atoms with Crippen LogP contribution < -0.4 is 0 Å². The molecular weight excluding hydrogens is 259 g/mol. The van der Waals surface area contributed by atoms with E-state index < -0.39 is 38.7 Å². The van der Waals surface area contributed by atoms with Crippen molar-refractivity contribution in [2.24, 2.45) is 5.92 Å². The summed E-state index contributed by atoms with van der Waals surface area (Å²) in [6.07, 6.45) is 0. The zero-order chi connectivity index (χ0) is 13.5. The average Bonchev–Trinajstić information content (AvgIpc) is 3.05. The zero-order valence-corrected chi connectivity index (χ0v) is 10.5. The lowest BCUT2D eigenvalue weighted by Gasteiger charge is -2.00. The predicted molar refractivity (Wildman–Crippen MR) is 63.5 cm³/mol. The van der Waals surface area contributed by atoms with E-state index in [0.29, 0.717) is 5.56 Å². The fourth-order valence-electron chi connectivity index (χ4n) is 2.33. The highest BCUT2D eigenvalue weighted by Crippen LogP contribution is 2.52. The number of carboxylic acids is 1. The van der Waals surface area contributed by atoms with Gasteiger partial charge < -0.3 is 5.11 Å². The van der Waals surface area contributed by atoms with Gasteiger partial charge in [0, 0.05) is 11.7 Å². The van der Waals surface area contributed by atoms with Crippen molar-refractivity contribution in [1.29, 1.82) is 0 Å². The number of aliphatic carboxylic acids is 1. The largest absolute Gasteiger partial charge is 0.481 e. The molecule has 0 saturated heterocycles. The molecule has 1 aromatic carbocycles. The van der Waals surface area contributed by atoms with E-state index in [1.165, 1.54) is 25.1 Å². The molecule has 3 atom stereocenters. The molecule has 1 aliphatic carbocycles. The maximum atomic E-state index is 13.1. The molecule has 0 unspecified atom stereocenters. The van der Waals surface area contributed by atoms with Crippen molar-refractivity contribution >= 4 is 15.8 Å². The van der Waals surface area contributed by atoms with Crippen molar-refractivity contribution in [3.05, 3.63) is 35.6 Å². The van der Waals surface area contributed by atoms with E-state index in [9.17, 15) is 17.6 Å². The Labute approximate surface area is 104 Å². The molecule has 1 N–H and O–H groups in total. The third-order valence-electron chi connectivity index (χ3n) is 3.29. The Bertz CT molecular complexity index is 581. The Morgan fingerprint density at radius 2 is 2.11 bits per heavy atom. The molecule has 0 bridgehead atoms. The van der Waals surface area contributed by atoms with E-state index in [1.54, 1.807) is 6.07 Å².